The van der Waals surface area contributed by atoms with Crippen molar-refractivity contribution in [2.75, 3.05) is 27.8 Å². The van der Waals surface area contributed by atoms with E-state index in [9.17, 15) is 4.79 Å². The Balaban J connectivity index is 0.00000529. The molecule has 24 heavy (non-hydrogen) atoms. The van der Waals surface area contributed by atoms with Crippen molar-refractivity contribution < 1.29 is 14.3 Å². The largest absolute Gasteiger partial charge is 0.497 e. The predicted molar refractivity (Wildman–Crippen MR) is 100 cm³/mol. The van der Waals surface area contributed by atoms with Crippen LogP contribution in [0.3, 0.4) is 0 Å². The lowest BCUT2D eigenvalue weighted by Crippen LogP contribution is -2.34. The Hall–Kier alpha value is -1.46. The van der Waals surface area contributed by atoms with E-state index in [1.54, 1.807) is 19.1 Å². The van der Waals surface area contributed by atoms with E-state index in [0.717, 1.165) is 23.5 Å². The lowest BCUT2D eigenvalue weighted by molar-refractivity contribution is -0.129. The summed E-state index contributed by atoms with van der Waals surface area (Å²) in [7, 11) is 5.08. The van der Waals surface area contributed by atoms with E-state index < -0.39 is 0 Å². The Labute approximate surface area is 151 Å². The van der Waals surface area contributed by atoms with Crippen molar-refractivity contribution in [3.8, 4) is 11.5 Å². The first-order valence-electron chi connectivity index (χ1n) is 8.08. The van der Waals surface area contributed by atoms with Crippen LogP contribution in [0.2, 0.25) is 0 Å². The average Bonchev–Trinajstić information content (AvgIpc) is 2.56. The quantitative estimate of drug-likeness (QED) is 0.737. The van der Waals surface area contributed by atoms with E-state index in [4.69, 9.17) is 15.2 Å². The minimum Gasteiger partial charge on any atom is -0.497 e. The molecule has 138 valence electrons. The molecule has 1 atom stereocenters. The van der Waals surface area contributed by atoms with E-state index in [1.165, 1.54) is 0 Å². The van der Waals surface area contributed by atoms with Gasteiger partial charge < -0.3 is 20.1 Å². The SMILES string of the molecule is COc1cc(CCC(=O)N(C)CCC(N)C(C)C)cc(OC)c1.Cl. The molecule has 1 unspecified atom stereocenters. The van der Waals surface area contributed by atoms with Gasteiger partial charge in [0.15, 0.2) is 0 Å². The minimum absolute atomic E-state index is 0. The number of halogens is 1. The van der Waals surface area contributed by atoms with Gasteiger partial charge in [0.2, 0.25) is 5.91 Å². The monoisotopic (exact) mass is 358 g/mol. The molecule has 1 aromatic rings. The van der Waals surface area contributed by atoms with Gasteiger partial charge in [0.05, 0.1) is 14.2 Å². The van der Waals surface area contributed by atoms with Gasteiger partial charge in [-0.3, -0.25) is 4.79 Å². The van der Waals surface area contributed by atoms with Crippen LogP contribution in [0.15, 0.2) is 18.2 Å². The smallest absolute Gasteiger partial charge is 0.222 e. The van der Waals surface area contributed by atoms with Gasteiger partial charge in [-0.15, -0.1) is 12.4 Å². The molecule has 0 fully saturated rings. The number of rotatable bonds is 9. The summed E-state index contributed by atoms with van der Waals surface area (Å²) in [5.74, 6) is 2.04. The number of methoxy groups -OCH3 is 2. The molecule has 5 nitrogen and oxygen atoms in total. The second-order valence-corrected chi connectivity index (χ2v) is 6.23. The van der Waals surface area contributed by atoms with Crippen LogP contribution in [-0.2, 0) is 11.2 Å². The third-order valence-corrected chi connectivity index (χ3v) is 4.12. The predicted octanol–water partition coefficient (Wildman–Crippen LogP) is 2.89. The molecule has 6 heteroatoms. The van der Waals surface area contributed by atoms with Crippen LogP contribution in [0.4, 0.5) is 0 Å². The van der Waals surface area contributed by atoms with Crippen molar-refractivity contribution in [2.45, 2.75) is 39.2 Å². The Morgan fingerprint density at radius 3 is 2.17 bits per heavy atom. The number of hydrogen-bond donors (Lipinski definition) is 1. The fraction of sp³-hybridized carbons (Fsp3) is 0.611. The maximum atomic E-state index is 12.2. The number of nitrogens with two attached hydrogens (primary N) is 1. The van der Waals surface area contributed by atoms with Crippen molar-refractivity contribution in [1.29, 1.82) is 0 Å². The summed E-state index contributed by atoms with van der Waals surface area (Å²) >= 11 is 0. The number of carbonyl (C=O) groups is 1. The maximum Gasteiger partial charge on any atom is 0.222 e. The number of aryl methyl sites for hydroxylation is 1. The van der Waals surface area contributed by atoms with Crippen LogP contribution in [0.1, 0.15) is 32.3 Å². The Morgan fingerprint density at radius 2 is 1.71 bits per heavy atom. The van der Waals surface area contributed by atoms with Crippen LogP contribution < -0.4 is 15.2 Å². The topological polar surface area (TPSA) is 64.8 Å². The highest BCUT2D eigenvalue weighted by Gasteiger charge is 2.13. The molecule has 0 aliphatic carbocycles. The molecule has 0 spiro atoms. The summed E-state index contributed by atoms with van der Waals surface area (Å²) in [4.78, 5) is 14.0. The summed E-state index contributed by atoms with van der Waals surface area (Å²) in [5, 5.41) is 0. The summed E-state index contributed by atoms with van der Waals surface area (Å²) in [6, 6.07) is 5.83. The highest BCUT2D eigenvalue weighted by molar-refractivity contribution is 5.85. The molecule has 0 aromatic heterocycles. The lowest BCUT2D eigenvalue weighted by atomic mass is 10.0. The highest BCUT2D eigenvalue weighted by Crippen LogP contribution is 2.23. The van der Waals surface area contributed by atoms with Crippen LogP contribution in [0, 0.1) is 5.92 Å². The summed E-state index contributed by atoms with van der Waals surface area (Å²) < 4.78 is 10.5. The van der Waals surface area contributed by atoms with Gasteiger partial charge in [-0.2, -0.15) is 0 Å². The van der Waals surface area contributed by atoms with E-state index in [1.807, 2.05) is 25.2 Å². The average molecular weight is 359 g/mol. The minimum atomic E-state index is 0. The van der Waals surface area contributed by atoms with Gasteiger partial charge in [0.1, 0.15) is 11.5 Å². The van der Waals surface area contributed by atoms with Gasteiger partial charge in [0.25, 0.3) is 0 Å². The molecule has 0 bridgehead atoms. The van der Waals surface area contributed by atoms with Gasteiger partial charge in [-0.1, -0.05) is 13.8 Å². The number of benzene rings is 1. The molecule has 1 aromatic carbocycles. The van der Waals surface area contributed by atoms with Crippen LogP contribution in [0.5, 0.6) is 11.5 Å². The Bertz CT molecular complexity index is 487. The number of ether oxygens (including phenoxy) is 2. The molecular weight excluding hydrogens is 328 g/mol. The van der Waals surface area contributed by atoms with E-state index in [0.29, 0.717) is 25.3 Å². The van der Waals surface area contributed by atoms with Crippen molar-refractivity contribution in [2.24, 2.45) is 11.7 Å². The lowest BCUT2D eigenvalue weighted by Gasteiger charge is -2.21. The molecule has 0 saturated heterocycles. The molecule has 0 aliphatic heterocycles. The van der Waals surface area contributed by atoms with Crippen LogP contribution in [-0.4, -0.2) is 44.7 Å². The van der Waals surface area contributed by atoms with Gasteiger partial charge >= 0.3 is 0 Å². The molecule has 2 N–H and O–H groups in total. The summed E-state index contributed by atoms with van der Waals surface area (Å²) in [5.41, 5.74) is 7.06. The molecule has 0 heterocycles. The maximum absolute atomic E-state index is 12.2. The fourth-order valence-corrected chi connectivity index (χ4v) is 2.25. The van der Waals surface area contributed by atoms with E-state index in [-0.39, 0.29) is 24.4 Å². The first-order chi connectivity index (χ1) is 10.9. The van der Waals surface area contributed by atoms with Crippen LogP contribution in [0.25, 0.3) is 0 Å². The summed E-state index contributed by atoms with van der Waals surface area (Å²) in [6.07, 6.45) is 1.95. The molecule has 1 rings (SSSR count). The Morgan fingerprint density at radius 1 is 1.17 bits per heavy atom. The Kier molecular flexibility index (Phi) is 10.5. The van der Waals surface area contributed by atoms with Gasteiger partial charge in [-0.25, -0.2) is 0 Å². The third kappa shape index (κ3) is 7.41. The second-order valence-electron chi connectivity index (χ2n) is 6.23. The third-order valence-electron chi connectivity index (χ3n) is 4.12. The molecular formula is C18H31ClN2O3. The van der Waals surface area contributed by atoms with Crippen molar-refractivity contribution >= 4 is 18.3 Å². The van der Waals surface area contributed by atoms with E-state index >= 15 is 0 Å². The standard InChI is InChI=1S/C18H30N2O3.ClH/c1-13(2)17(19)8-9-20(3)18(21)7-6-14-10-15(22-4)12-16(11-14)23-5;/h10-13,17H,6-9,19H2,1-5H3;1H. The zero-order chi connectivity index (χ0) is 17.4. The second kappa shape index (κ2) is 11.2. The molecule has 0 radical (unpaired) electrons. The van der Waals surface area contributed by atoms with Crippen molar-refractivity contribution in [3.63, 3.8) is 0 Å². The van der Waals surface area contributed by atoms with Crippen molar-refractivity contribution in [3.05, 3.63) is 23.8 Å². The first kappa shape index (κ1) is 22.5. The number of carbonyl (C=O) groups excluding carboxylic acids is 1. The number of hydrogen-bond acceptors (Lipinski definition) is 4. The molecule has 1 amide bonds. The normalized spacial score (nSPS) is 11.6. The molecule has 0 aliphatic rings. The molecule has 0 saturated carbocycles. The van der Waals surface area contributed by atoms with Crippen molar-refractivity contribution in [1.82, 2.24) is 4.90 Å². The van der Waals surface area contributed by atoms with Gasteiger partial charge in [0, 0.05) is 32.1 Å². The first-order valence-corrected chi connectivity index (χ1v) is 8.08. The van der Waals surface area contributed by atoms with E-state index in [2.05, 4.69) is 13.8 Å². The number of amides is 1. The zero-order valence-electron chi connectivity index (χ0n) is 15.4. The van der Waals surface area contributed by atoms with Gasteiger partial charge in [-0.05, 0) is 36.5 Å². The number of nitrogens with zero attached hydrogens (tertiary/aromatic N) is 1. The zero-order valence-corrected chi connectivity index (χ0v) is 16.2. The fourth-order valence-electron chi connectivity index (χ4n) is 2.25. The van der Waals surface area contributed by atoms with Crippen LogP contribution >= 0.6 is 12.4 Å². The highest BCUT2D eigenvalue weighted by atomic mass is 35.5. The summed E-state index contributed by atoms with van der Waals surface area (Å²) in [6.45, 7) is 4.89.